The van der Waals surface area contributed by atoms with Crippen molar-refractivity contribution in [1.29, 1.82) is 0 Å². The Kier molecular flexibility index (Phi) is 4.68. The molecule has 0 aliphatic heterocycles. The molecule has 0 aliphatic carbocycles. The molecule has 0 spiro atoms. The van der Waals surface area contributed by atoms with E-state index in [0.29, 0.717) is 5.82 Å². The van der Waals surface area contributed by atoms with Crippen molar-refractivity contribution in [1.82, 2.24) is 9.97 Å². The van der Waals surface area contributed by atoms with Crippen LogP contribution in [0.5, 0.6) is 5.75 Å². The zero-order valence-corrected chi connectivity index (χ0v) is 14.9. The van der Waals surface area contributed by atoms with Crippen LogP contribution < -0.4 is 10.5 Å². The number of rotatable bonds is 5. The van der Waals surface area contributed by atoms with Crippen LogP contribution >= 0.6 is 0 Å². The van der Waals surface area contributed by atoms with Crippen LogP contribution in [0.25, 0.3) is 33.2 Å². The summed E-state index contributed by atoms with van der Waals surface area (Å²) < 4.78 is 10.4. The fourth-order valence-corrected chi connectivity index (χ4v) is 3.05. The largest absolute Gasteiger partial charge is 0.468 e. The maximum atomic E-state index is 6.15. The van der Waals surface area contributed by atoms with Crippen molar-refractivity contribution in [3.8, 4) is 28.0 Å². The van der Waals surface area contributed by atoms with Gasteiger partial charge in [0.1, 0.15) is 11.6 Å². The van der Waals surface area contributed by atoms with Gasteiger partial charge in [-0.15, -0.1) is 0 Å². The first kappa shape index (κ1) is 17.0. The quantitative estimate of drug-likeness (QED) is 0.532. The summed E-state index contributed by atoms with van der Waals surface area (Å²) >= 11 is 0. The topological polar surface area (TPSA) is 70.3 Å². The second-order valence-corrected chi connectivity index (χ2v) is 6.11. The van der Waals surface area contributed by atoms with Crippen LogP contribution in [0, 0.1) is 0 Å². The molecule has 4 rings (SSSR count). The molecule has 5 heteroatoms. The third-order valence-corrected chi connectivity index (χ3v) is 4.37. The number of ether oxygens (including phenoxy) is 2. The summed E-state index contributed by atoms with van der Waals surface area (Å²) in [5.41, 5.74) is 10.9. The van der Waals surface area contributed by atoms with Gasteiger partial charge in [-0.1, -0.05) is 36.4 Å². The molecule has 27 heavy (non-hydrogen) atoms. The highest BCUT2D eigenvalue weighted by atomic mass is 16.7. The Balaban J connectivity index is 1.75. The maximum absolute atomic E-state index is 6.15. The van der Waals surface area contributed by atoms with Gasteiger partial charge in [-0.25, -0.2) is 4.98 Å². The molecule has 0 aliphatic rings. The van der Waals surface area contributed by atoms with E-state index in [1.165, 1.54) is 0 Å². The first-order valence-electron chi connectivity index (χ1n) is 8.58. The smallest absolute Gasteiger partial charge is 0.188 e. The Hall–Kier alpha value is -3.44. The lowest BCUT2D eigenvalue weighted by atomic mass is 9.99. The number of nitrogens with two attached hydrogens (primary N) is 1. The van der Waals surface area contributed by atoms with E-state index in [0.717, 1.165) is 38.9 Å². The number of aromatic nitrogens is 2. The molecule has 0 unspecified atom stereocenters. The van der Waals surface area contributed by atoms with E-state index in [2.05, 4.69) is 28.2 Å². The van der Waals surface area contributed by atoms with Crippen LogP contribution in [0.15, 0.2) is 73.1 Å². The summed E-state index contributed by atoms with van der Waals surface area (Å²) in [4.78, 5) is 8.94. The molecule has 4 aromatic rings. The van der Waals surface area contributed by atoms with Crippen molar-refractivity contribution in [3.63, 3.8) is 0 Å². The summed E-state index contributed by atoms with van der Waals surface area (Å²) in [6, 6.07) is 19.9. The van der Waals surface area contributed by atoms with E-state index in [1.54, 1.807) is 19.5 Å². The van der Waals surface area contributed by atoms with E-state index in [1.807, 2.05) is 42.5 Å². The van der Waals surface area contributed by atoms with Crippen molar-refractivity contribution < 1.29 is 9.47 Å². The lowest BCUT2D eigenvalue weighted by Crippen LogP contribution is -1.99. The summed E-state index contributed by atoms with van der Waals surface area (Å²) in [6.45, 7) is 0.215. The summed E-state index contributed by atoms with van der Waals surface area (Å²) in [7, 11) is 1.59. The second kappa shape index (κ2) is 7.43. The lowest BCUT2D eigenvalue weighted by Gasteiger charge is -2.11. The molecule has 2 N–H and O–H groups in total. The lowest BCUT2D eigenvalue weighted by molar-refractivity contribution is 0.0511. The SMILES string of the molecule is COCOc1ccc(-c2cc(-c3cccc4cccnc34)cnc2N)cc1. The molecule has 0 saturated carbocycles. The number of nitrogen functional groups attached to an aromatic ring is 1. The Morgan fingerprint density at radius 3 is 2.52 bits per heavy atom. The van der Waals surface area contributed by atoms with Crippen LogP contribution in [-0.2, 0) is 4.74 Å². The minimum atomic E-state index is 0.215. The van der Waals surface area contributed by atoms with Crippen molar-refractivity contribution in [2.45, 2.75) is 0 Å². The summed E-state index contributed by atoms with van der Waals surface area (Å²) in [6.07, 6.45) is 3.59. The normalized spacial score (nSPS) is 10.9. The molecule has 2 aromatic heterocycles. The highest BCUT2D eigenvalue weighted by Gasteiger charge is 2.10. The number of nitrogens with zero attached hydrogens (tertiary/aromatic N) is 2. The van der Waals surface area contributed by atoms with Gasteiger partial charge in [0.05, 0.1) is 5.52 Å². The average Bonchev–Trinajstić information content (AvgIpc) is 2.73. The molecule has 0 radical (unpaired) electrons. The third-order valence-electron chi connectivity index (χ3n) is 4.37. The molecule has 2 heterocycles. The highest BCUT2D eigenvalue weighted by Crippen LogP contribution is 2.33. The molecule has 134 valence electrons. The van der Waals surface area contributed by atoms with E-state index in [-0.39, 0.29) is 6.79 Å². The molecule has 0 atom stereocenters. The Labute approximate surface area is 157 Å². The number of hydrogen-bond acceptors (Lipinski definition) is 5. The number of fused-ring (bicyclic) bond motifs is 1. The fraction of sp³-hybridized carbons (Fsp3) is 0.0909. The van der Waals surface area contributed by atoms with Gasteiger partial charge in [-0.3, -0.25) is 4.98 Å². The van der Waals surface area contributed by atoms with Crippen LogP contribution in [0.2, 0.25) is 0 Å². The molecule has 0 amide bonds. The predicted octanol–water partition coefficient (Wildman–Crippen LogP) is 4.53. The first-order valence-corrected chi connectivity index (χ1v) is 8.58. The van der Waals surface area contributed by atoms with Gasteiger partial charge in [0.25, 0.3) is 0 Å². The Morgan fingerprint density at radius 2 is 1.70 bits per heavy atom. The van der Waals surface area contributed by atoms with Crippen LogP contribution in [-0.4, -0.2) is 23.9 Å². The minimum absolute atomic E-state index is 0.215. The maximum Gasteiger partial charge on any atom is 0.188 e. The van der Waals surface area contributed by atoms with Crippen molar-refractivity contribution in [2.75, 3.05) is 19.6 Å². The van der Waals surface area contributed by atoms with Gasteiger partial charge in [-0.05, 0) is 29.8 Å². The number of methoxy groups -OCH3 is 1. The van der Waals surface area contributed by atoms with Gasteiger partial charge >= 0.3 is 0 Å². The number of benzene rings is 2. The standard InChI is InChI=1S/C22H19N3O2/c1-26-14-27-18-9-7-15(8-10-18)20-12-17(13-25-22(20)23)19-6-2-4-16-5-3-11-24-21(16)19/h2-13H,14H2,1H3,(H2,23,25). The van der Waals surface area contributed by atoms with Gasteiger partial charge in [-0.2, -0.15) is 0 Å². The van der Waals surface area contributed by atoms with Gasteiger partial charge in [0, 0.05) is 41.6 Å². The molecule has 0 bridgehead atoms. The first-order chi connectivity index (χ1) is 13.3. The fourth-order valence-electron chi connectivity index (χ4n) is 3.05. The minimum Gasteiger partial charge on any atom is -0.468 e. The second-order valence-electron chi connectivity index (χ2n) is 6.11. The highest BCUT2D eigenvalue weighted by molar-refractivity contribution is 5.94. The number of para-hydroxylation sites is 1. The molecular weight excluding hydrogens is 338 g/mol. The van der Waals surface area contributed by atoms with Crippen LogP contribution in [0.4, 0.5) is 5.82 Å². The van der Waals surface area contributed by atoms with Crippen LogP contribution in [0.1, 0.15) is 0 Å². The van der Waals surface area contributed by atoms with E-state index in [4.69, 9.17) is 15.2 Å². The summed E-state index contributed by atoms with van der Waals surface area (Å²) in [5.74, 6) is 1.22. The van der Waals surface area contributed by atoms with Crippen molar-refractivity contribution >= 4 is 16.7 Å². The van der Waals surface area contributed by atoms with Gasteiger partial charge in [0.2, 0.25) is 0 Å². The number of pyridine rings is 2. The molecule has 2 aromatic carbocycles. The van der Waals surface area contributed by atoms with Crippen LogP contribution in [0.3, 0.4) is 0 Å². The molecular formula is C22H19N3O2. The van der Waals surface area contributed by atoms with Gasteiger partial charge < -0.3 is 15.2 Å². The summed E-state index contributed by atoms with van der Waals surface area (Å²) in [5, 5.41) is 1.09. The van der Waals surface area contributed by atoms with E-state index in [9.17, 15) is 0 Å². The third kappa shape index (κ3) is 3.45. The Bertz CT molecular complexity index is 1070. The zero-order valence-electron chi connectivity index (χ0n) is 14.9. The zero-order chi connectivity index (χ0) is 18.6. The predicted molar refractivity (Wildman–Crippen MR) is 107 cm³/mol. The number of anilines is 1. The van der Waals surface area contributed by atoms with E-state index >= 15 is 0 Å². The number of hydrogen-bond donors (Lipinski definition) is 1. The van der Waals surface area contributed by atoms with Gasteiger partial charge in [0.15, 0.2) is 6.79 Å². The Morgan fingerprint density at radius 1 is 0.889 bits per heavy atom. The molecule has 5 nitrogen and oxygen atoms in total. The van der Waals surface area contributed by atoms with E-state index < -0.39 is 0 Å². The van der Waals surface area contributed by atoms with Crippen molar-refractivity contribution in [3.05, 3.63) is 73.1 Å². The monoisotopic (exact) mass is 357 g/mol. The molecule has 0 saturated heterocycles. The average molecular weight is 357 g/mol. The van der Waals surface area contributed by atoms with Crippen molar-refractivity contribution in [2.24, 2.45) is 0 Å². The molecule has 0 fully saturated rings.